The number of unbranched alkanes of at least 4 members (excludes halogenated alkanes) is 1. The van der Waals surface area contributed by atoms with Crippen LogP contribution in [0.3, 0.4) is 0 Å². The van der Waals surface area contributed by atoms with E-state index in [2.05, 4.69) is 21.2 Å². The Kier molecular flexibility index (Phi) is 11.6. The number of carbonyl (C=O) groups excluding carboxylic acids is 2. The van der Waals surface area contributed by atoms with E-state index < -0.39 is 33.4 Å². The molecule has 0 saturated heterocycles. The highest BCUT2D eigenvalue weighted by Crippen LogP contribution is 2.28. The molecule has 0 aliphatic heterocycles. The zero-order valence-corrected chi connectivity index (χ0v) is 26.2. The number of hydrogen-bond donors (Lipinski definition) is 1. The monoisotopic (exact) mass is 658 g/mol. The molecule has 42 heavy (non-hydrogen) atoms. The third kappa shape index (κ3) is 9.12. The summed E-state index contributed by atoms with van der Waals surface area (Å²) in [5, 5.41) is 14.4. The predicted molar refractivity (Wildman–Crippen MR) is 167 cm³/mol. The molecule has 0 spiro atoms. The van der Waals surface area contributed by atoms with Gasteiger partial charge >= 0.3 is 0 Å². The van der Waals surface area contributed by atoms with Gasteiger partial charge < -0.3 is 10.2 Å². The molecule has 0 aromatic heterocycles. The van der Waals surface area contributed by atoms with Gasteiger partial charge in [0.05, 0.1) is 16.9 Å². The molecule has 0 radical (unpaired) electrons. The Morgan fingerprint density at radius 1 is 1.02 bits per heavy atom. The first-order valence-electron chi connectivity index (χ1n) is 13.5. The average Bonchev–Trinajstić information content (AvgIpc) is 2.95. The summed E-state index contributed by atoms with van der Waals surface area (Å²) in [5.41, 5.74) is 1.73. The lowest BCUT2D eigenvalue weighted by Gasteiger charge is -2.33. The van der Waals surface area contributed by atoms with Gasteiger partial charge in [-0.2, -0.15) is 0 Å². The van der Waals surface area contributed by atoms with Crippen molar-refractivity contribution in [2.75, 3.05) is 23.7 Å². The molecule has 0 unspecified atom stereocenters. The van der Waals surface area contributed by atoms with Crippen LogP contribution in [0.2, 0.25) is 0 Å². The van der Waals surface area contributed by atoms with E-state index in [1.165, 1.54) is 17.0 Å². The molecule has 0 fully saturated rings. The average molecular weight is 660 g/mol. The smallest absolute Gasteiger partial charge is 0.271 e. The van der Waals surface area contributed by atoms with Crippen LogP contribution in [-0.4, -0.2) is 55.4 Å². The van der Waals surface area contributed by atoms with E-state index in [1.54, 1.807) is 6.92 Å². The fourth-order valence-electron chi connectivity index (χ4n) is 4.42. The Bertz CT molecular complexity index is 1500. The topological polar surface area (TPSA) is 130 Å². The minimum Gasteiger partial charge on any atom is -0.354 e. The Morgan fingerprint density at radius 3 is 2.29 bits per heavy atom. The third-order valence-electron chi connectivity index (χ3n) is 6.72. The molecule has 0 saturated carbocycles. The summed E-state index contributed by atoms with van der Waals surface area (Å²) in [7, 11) is -4.06. The zero-order valence-electron chi connectivity index (χ0n) is 23.8. The number of nitro groups is 1. The van der Waals surface area contributed by atoms with Crippen LogP contribution in [0.15, 0.2) is 77.3 Å². The molecule has 3 aromatic carbocycles. The summed E-state index contributed by atoms with van der Waals surface area (Å²) in [6.07, 6.45) is 2.78. The van der Waals surface area contributed by atoms with Crippen LogP contribution >= 0.6 is 15.9 Å². The van der Waals surface area contributed by atoms with Crippen molar-refractivity contribution in [2.45, 2.75) is 45.7 Å². The van der Waals surface area contributed by atoms with Gasteiger partial charge in [-0.05, 0) is 42.2 Å². The maximum Gasteiger partial charge on any atom is 0.271 e. The molecule has 1 atom stereocenters. The lowest BCUT2D eigenvalue weighted by molar-refractivity contribution is -0.384. The molecular formula is C30H35BrN4O6S. The number of sulfonamides is 1. The minimum atomic E-state index is -4.06. The molecule has 3 rings (SSSR count). The maximum atomic E-state index is 14.1. The molecule has 12 heteroatoms. The van der Waals surface area contributed by atoms with Crippen molar-refractivity contribution >= 4 is 49.1 Å². The molecular weight excluding hydrogens is 624 g/mol. The highest BCUT2D eigenvalue weighted by atomic mass is 79.9. The Labute approximate surface area is 255 Å². The lowest BCUT2D eigenvalue weighted by atomic mass is 10.0. The fraction of sp³-hybridized carbons (Fsp3) is 0.333. The number of benzene rings is 3. The largest absolute Gasteiger partial charge is 0.354 e. The number of amides is 2. The Hall–Kier alpha value is -3.77. The van der Waals surface area contributed by atoms with Crippen molar-refractivity contribution in [1.82, 2.24) is 10.2 Å². The van der Waals surface area contributed by atoms with Crippen molar-refractivity contribution in [3.63, 3.8) is 0 Å². The third-order valence-corrected chi connectivity index (χ3v) is 8.37. The van der Waals surface area contributed by atoms with Crippen molar-refractivity contribution < 1.29 is 22.9 Å². The van der Waals surface area contributed by atoms with Gasteiger partial charge in [0.2, 0.25) is 21.8 Å². The van der Waals surface area contributed by atoms with Crippen LogP contribution in [0.1, 0.15) is 36.5 Å². The molecule has 1 N–H and O–H groups in total. The van der Waals surface area contributed by atoms with E-state index in [1.807, 2.05) is 61.5 Å². The Morgan fingerprint density at radius 2 is 1.69 bits per heavy atom. The SMILES string of the molecule is CCCCNC(=O)[C@H](Cc1ccccc1)N(Cc1ccc(Br)cc1)C(=O)CN(c1cc([N+](=O)[O-])ccc1C)S(C)(=O)=O. The van der Waals surface area contributed by atoms with Gasteiger partial charge in [0, 0.05) is 36.1 Å². The second-order valence-corrected chi connectivity index (χ2v) is 12.8. The summed E-state index contributed by atoms with van der Waals surface area (Å²) >= 11 is 3.41. The van der Waals surface area contributed by atoms with Crippen molar-refractivity contribution in [1.29, 1.82) is 0 Å². The number of anilines is 1. The first-order valence-corrected chi connectivity index (χ1v) is 16.1. The molecule has 0 heterocycles. The van der Waals surface area contributed by atoms with Gasteiger partial charge in [0.15, 0.2) is 0 Å². The highest BCUT2D eigenvalue weighted by Gasteiger charge is 2.33. The van der Waals surface area contributed by atoms with Gasteiger partial charge in [0.25, 0.3) is 5.69 Å². The van der Waals surface area contributed by atoms with Crippen LogP contribution in [0.4, 0.5) is 11.4 Å². The number of nitrogens with zero attached hydrogens (tertiary/aromatic N) is 3. The summed E-state index contributed by atoms with van der Waals surface area (Å²) in [4.78, 5) is 40.0. The number of halogens is 1. The number of aryl methyl sites for hydroxylation is 1. The number of nitrogens with one attached hydrogen (secondary N) is 1. The van der Waals surface area contributed by atoms with E-state index in [-0.39, 0.29) is 30.2 Å². The van der Waals surface area contributed by atoms with Crippen LogP contribution in [0, 0.1) is 17.0 Å². The van der Waals surface area contributed by atoms with E-state index in [9.17, 15) is 28.1 Å². The number of hydrogen-bond acceptors (Lipinski definition) is 6. The Balaban J connectivity index is 2.08. The first-order chi connectivity index (χ1) is 19.9. The fourth-order valence-corrected chi connectivity index (χ4v) is 5.58. The van der Waals surface area contributed by atoms with Crippen molar-refractivity contribution in [2.24, 2.45) is 0 Å². The number of carbonyl (C=O) groups is 2. The van der Waals surface area contributed by atoms with E-state index >= 15 is 0 Å². The van der Waals surface area contributed by atoms with Crippen molar-refractivity contribution in [3.05, 3.63) is 104 Å². The van der Waals surface area contributed by atoms with Crippen LogP contribution in [-0.2, 0) is 32.6 Å². The molecule has 0 bridgehead atoms. The van der Waals surface area contributed by atoms with Crippen LogP contribution in [0.5, 0.6) is 0 Å². The van der Waals surface area contributed by atoms with E-state index in [4.69, 9.17) is 0 Å². The predicted octanol–water partition coefficient (Wildman–Crippen LogP) is 4.99. The standard InChI is InChI=1S/C30H35BrN4O6S/c1-4-5-17-32-30(37)28(18-23-9-7-6-8-10-23)33(20-24-12-14-25(31)15-13-24)29(36)21-34(42(3,40)41)27-19-26(35(38)39)16-11-22(27)2/h6-16,19,28H,4-5,17-18,20-21H2,1-3H3,(H,32,37)/t28-/m0/s1. The van der Waals surface area contributed by atoms with Gasteiger partial charge in [-0.1, -0.05) is 77.8 Å². The van der Waals surface area contributed by atoms with Crippen molar-refractivity contribution in [3.8, 4) is 0 Å². The van der Waals surface area contributed by atoms with Gasteiger partial charge in [-0.15, -0.1) is 0 Å². The number of rotatable bonds is 14. The van der Waals surface area contributed by atoms with Crippen LogP contribution < -0.4 is 9.62 Å². The van der Waals surface area contributed by atoms with Gasteiger partial charge in [0.1, 0.15) is 12.6 Å². The lowest BCUT2D eigenvalue weighted by Crippen LogP contribution is -2.53. The van der Waals surface area contributed by atoms with Gasteiger partial charge in [-0.3, -0.25) is 24.0 Å². The first kappa shape index (κ1) is 32.7. The summed E-state index contributed by atoms with van der Waals surface area (Å²) < 4.78 is 27.7. The molecule has 0 aliphatic carbocycles. The minimum absolute atomic E-state index is 0.0237. The molecule has 224 valence electrons. The normalized spacial score (nSPS) is 11.9. The molecule has 10 nitrogen and oxygen atoms in total. The maximum absolute atomic E-state index is 14.1. The summed E-state index contributed by atoms with van der Waals surface area (Å²) in [5.74, 6) is -0.976. The summed E-state index contributed by atoms with van der Waals surface area (Å²) in [6, 6.07) is 19.5. The number of non-ortho nitro benzene ring substituents is 1. The highest BCUT2D eigenvalue weighted by molar-refractivity contribution is 9.10. The molecule has 0 aliphatic rings. The second kappa shape index (κ2) is 14.9. The number of nitro benzene ring substituents is 1. The van der Waals surface area contributed by atoms with E-state index in [0.29, 0.717) is 12.1 Å². The van der Waals surface area contributed by atoms with Gasteiger partial charge in [-0.25, -0.2) is 8.42 Å². The molecule has 2 amide bonds. The van der Waals surface area contributed by atoms with E-state index in [0.717, 1.165) is 45.1 Å². The quantitative estimate of drug-likeness (QED) is 0.148. The van der Waals surface area contributed by atoms with Crippen LogP contribution in [0.25, 0.3) is 0 Å². The summed E-state index contributed by atoms with van der Waals surface area (Å²) in [6.45, 7) is 3.44. The zero-order chi connectivity index (χ0) is 30.9. The molecule has 3 aromatic rings. The second-order valence-electron chi connectivity index (χ2n) is 10.00.